The minimum Gasteiger partial charge on any atom is -0.357 e. The number of likely N-dealkylation sites (N-methyl/N-ethyl adjacent to an activating group) is 2. The van der Waals surface area contributed by atoms with Crippen LogP contribution in [0.2, 0.25) is 0 Å². The smallest absolute Gasteiger partial charge is 0.242 e. The molecule has 0 saturated carbocycles. The minimum absolute atomic E-state index is 0. The lowest BCUT2D eigenvalue weighted by molar-refractivity contribution is -0.131. The maximum absolute atomic E-state index is 12.4. The van der Waals surface area contributed by atoms with Crippen LogP contribution < -0.4 is 10.6 Å². The van der Waals surface area contributed by atoms with Crippen LogP contribution in [0.25, 0.3) is 0 Å². The first-order valence-corrected chi connectivity index (χ1v) is 10.5. The van der Waals surface area contributed by atoms with E-state index in [1.54, 1.807) is 0 Å². The number of hydrogen-bond donors (Lipinski definition) is 2. The Bertz CT molecular complexity index is 690. The molecule has 0 unspecified atom stereocenters. The van der Waals surface area contributed by atoms with E-state index in [2.05, 4.69) is 15.6 Å². The summed E-state index contributed by atoms with van der Waals surface area (Å²) in [7, 11) is 1.87. The third-order valence-corrected chi connectivity index (χ3v) is 4.40. The first-order valence-electron chi connectivity index (χ1n) is 10.5. The quantitative estimate of drug-likeness (QED) is 0.275. The van der Waals surface area contributed by atoms with Crippen molar-refractivity contribution in [2.75, 3.05) is 38.5 Å². The molecule has 8 heteroatoms. The van der Waals surface area contributed by atoms with Gasteiger partial charge < -0.3 is 20.4 Å². The van der Waals surface area contributed by atoms with Crippen molar-refractivity contribution in [2.24, 2.45) is 10.9 Å². The number of guanidine groups is 1. The summed E-state index contributed by atoms with van der Waals surface area (Å²) in [6.45, 7) is 12.9. The molecule has 1 aromatic rings. The SMILES string of the molecule is CCNC(=NCc1cccc(NC(=O)CC(C)C)c1)N(C)CC(=O)N(CC)CC.I. The van der Waals surface area contributed by atoms with Gasteiger partial charge in [-0.3, -0.25) is 9.59 Å². The van der Waals surface area contributed by atoms with Crippen LogP contribution in [0.15, 0.2) is 29.3 Å². The summed E-state index contributed by atoms with van der Waals surface area (Å²) in [4.78, 5) is 32.7. The van der Waals surface area contributed by atoms with E-state index in [0.717, 1.165) is 11.3 Å². The topological polar surface area (TPSA) is 77.0 Å². The number of nitrogens with zero attached hydrogens (tertiary/aromatic N) is 3. The van der Waals surface area contributed by atoms with Gasteiger partial charge in [-0.25, -0.2) is 4.99 Å². The molecule has 0 heterocycles. The lowest BCUT2D eigenvalue weighted by atomic mass is 10.1. The lowest BCUT2D eigenvalue weighted by Crippen LogP contribution is -2.45. The molecule has 0 bridgehead atoms. The molecule has 0 saturated heterocycles. The molecule has 0 aliphatic heterocycles. The minimum atomic E-state index is 0. The number of hydrogen-bond acceptors (Lipinski definition) is 3. The molecule has 0 atom stereocenters. The van der Waals surface area contributed by atoms with Gasteiger partial charge in [0, 0.05) is 38.8 Å². The number of amides is 2. The zero-order valence-electron chi connectivity index (χ0n) is 19.2. The van der Waals surface area contributed by atoms with E-state index < -0.39 is 0 Å². The van der Waals surface area contributed by atoms with Crippen molar-refractivity contribution >= 4 is 47.4 Å². The van der Waals surface area contributed by atoms with Gasteiger partial charge in [0.1, 0.15) is 0 Å². The number of halogens is 1. The maximum Gasteiger partial charge on any atom is 0.242 e. The van der Waals surface area contributed by atoms with E-state index in [9.17, 15) is 9.59 Å². The van der Waals surface area contributed by atoms with Crippen LogP contribution in [-0.2, 0) is 16.1 Å². The first-order chi connectivity index (χ1) is 13.8. The van der Waals surface area contributed by atoms with Crippen LogP contribution in [-0.4, -0.2) is 60.8 Å². The van der Waals surface area contributed by atoms with Crippen LogP contribution in [0.3, 0.4) is 0 Å². The standard InChI is InChI=1S/C22H37N5O2.HI/c1-7-23-22(26(6)16-21(29)27(8-2)9-3)24-15-18-11-10-12-19(14-18)25-20(28)13-17(4)5;/h10-12,14,17H,7-9,13,15-16H2,1-6H3,(H,23,24)(H,25,28);1H. The van der Waals surface area contributed by atoms with Crippen molar-refractivity contribution in [1.29, 1.82) is 0 Å². The Morgan fingerprint density at radius 3 is 2.37 bits per heavy atom. The molecule has 7 nitrogen and oxygen atoms in total. The van der Waals surface area contributed by atoms with E-state index in [0.29, 0.717) is 44.5 Å². The van der Waals surface area contributed by atoms with Gasteiger partial charge in [0.25, 0.3) is 0 Å². The Kier molecular flexibility index (Phi) is 14.1. The summed E-state index contributed by atoms with van der Waals surface area (Å²) < 4.78 is 0. The van der Waals surface area contributed by atoms with Crippen molar-refractivity contribution < 1.29 is 9.59 Å². The summed E-state index contributed by atoms with van der Waals surface area (Å²) in [5.74, 6) is 1.10. The van der Waals surface area contributed by atoms with Gasteiger partial charge >= 0.3 is 0 Å². The third kappa shape index (κ3) is 10.3. The number of nitrogens with one attached hydrogen (secondary N) is 2. The van der Waals surface area contributed by atoms with Gasteiger partial charge in [-0.05, 0) is 44.4 Å². The fraction of sp³-hybridized carbons (Fsp3) is 0.591. The molecule has 1 rings (SSSR count). The van der Waals surface area contributed by atoms with Crippen molar-refractivity contribution in [3.8, 4) is 0 Å². The molecule has 0 aliphatic rings. The Morgan fingerprint density at radius 2 is 1.80 bits per heavy atom. The van der Waals surface area contributed by atoms with Gasteiger partial charge in [0.15, 0.2) is 5.96 Å². The lowest BCUT2D eigenvalue weighted by Gasteiger charge is -2.25. The van der Waals surface area contributed by atoms with E-state index >= 15 is 0 Å². The summed E-state index contributed by atoms with van der Waals surface area (Å²) in [5, 5.41) is 6.17. The Morgan fingerprint density at radius 1 is 1.13 bits per heavy atom. The molecule has 0 radical (unpaired) electrons. The third-order valence-electron chi connectivity index (χ3n) is 4.40. The van der Waals surface area contributed by atoms with Crippen molar-refractivity contribution in [3.05, 3.63) is 29.8 Å². The number of aliphatic imine (C=N–C) groups is 1. The Labute approximate surface area is 198 Å². The Balaban J connectivity index is 0.00000841. The van der Waals surface area contributed by atoms with Gasteiger partial charge in [0.2, 0.25) is 11.8 Å². The molecule has 170 valence electrons. The molecule has 0 aliphatic carbocycles. The van der Waals surface area contributed by atoms with Gasteiger partial charge in [-0.15, -0.1) is 24.0 Å². The molecule has 2 amide bonds. The largest absolute Gasteiger partial charge is 0.357 e. The highest BCUT2D eigenvalue weighted by molar-refractivity contribution is 14.0. The zero-order chi connectivity index (χ0) is 21.8. The van der Waals surface area contributed by atoms with Crippen LogP contribution >= 0.6 is 24.0 Å². The first kappa shape index (κ1) is 28.2. The Hall–Kier alpha value is -1.84. The van der Waals surface area contributed by atoms with E-state index in [1.165, 1.54) is 0 Å². The number of benzene rings is 1. The van der Waals surface area contributed by atoms with Crippen LogP contribution in [0.4, 0.5) is 5.69 Å². The summed E-state index contributed by atoms with van der Waals surface area (Å²) in [5.41, 5.74) is 1.77. The van der Waals surface area contributed by atoms with Crippen molar-refractivity contribution in [2.45, 2.75) is 47.6 Å². The number of carbonyl (C=O) groups excluding carboxylic acids is 2. The predicted octanol–water partition coefficient (Wildman–Crippen LogP) is 3.55. The van der Waals surface area contributed by atoms with Gasteiger partial charge in [0.05, 0.1) is 13.1 Å². The molecule has 2 N–H and O–H groups in total. The van der Waals surface area contributed by atoms with E-state index in [-0.39, 0.29) is 42.3 Å². The molecule has 1 aromatic carbocycles. The fourth-order valence-corrected chi connectivity index (χ4v) is 2.92. The highest BCUT2D eigenvalue weighted by Gasteiger charge is 2.15. The summed E-state index contributed by atoms with van der Waals surface area (Å²) in [6, 6.07) is 7.71. The summed E-state index contributed by atoms with van der Waals surface area (Å²) >= 11 is 0. The highest BCUT2D eigenvalue weighted by atomic mass is 127. The molecule has 0 aromatic heterocycles. The normalized spacial score (nSPS) is 11.0. The van der Waals surface area contributed by atoms with Gasteiger partial charge in [-0.1, -0.05) is 26.0 Å². The molecular formula is C22H38IN5O2. The average Bonchev–Trinajstić information content (AvgIpc) is 2.65. The van der Waals surface area contributed by atoms with E-state index in [1.807, 2.05) is 75.7 Å². The number of rotatable bonds is 10. The molecule has 30 heavy (non-hydrogen) atoms. The van der Waals surface area contributed by atoms with Crippen molar-refractivity contribution in [3.63, 3.8) is 0 Å². The molecule has 0 fully saturated rings. The molecule has 0 spiro atoms. The van der Waals surface area contributed by atoms with Crippen LogP contribution in [0.5, 0.6) is 0 Å². The second-order valence-electron chi connectivity index (χ2n) is 7.44. The monoisotopic (exact) mass is 531 g/mol. The second-order valence-corrected chi connectivity index (χ2v) is 7.44. The second kappa shape index (κ2) is 15.0. The number of anilines is 1. The predicted molar refractivity (Wildman–Crippen MR) is 135 cm³/mol. The van der Waals surface area contributed by atoms with Crippen LogP contribution in [0.1, 0.15) is 46.6 Å². The number of carbonyl (C=O) groups is 2. The fourth-order valence-electron chi connectivity index (χ4n) is 2.92. The summed E-state index contributed by atoms with van der Waals surface area (Å²) in [6.07, 6.45) is 0.498. The zero-order valence-corrected chi connectivity index (χ0v) is 21.5. The molecular weight excluding hydrogens is 493 g/mol. The average molecular weight is 531 g/mol. The highest BCUT2D eigenvalue weighted by Crippen LogP contribution is 2.13. The van der Waals surface area contributed by atoms with Crippen LogP contribution in [0, 0.1) is 5.92 Å². The van der Waals surface area contributed by atoms with E-state index in [4.69, 9.17) is 0 Å². The maximum atomic E-state index is 12.4. The van der Waals surface area contributed by atoms with Crippen molar-refractivity contribution in [1.82, 2.24) is 15.1 Å². The van der Waals surface area contributed by atoms with Gasteiger partial charge in [-0.2, -0.15) is 0 Å².